The number of sulfonamides is 1. The maximum Gasteiger partial charge on any atom is 0.298 e. The van der Waals surface area contributed by atoms with Crippen LogP contribution in [0.4, 0.5) is 11.7 Å². The average Bonchev–Trinajstić information content (AvgIpc) is 3.40. The molecule has 2 heterocycles. The summed E-state index contributed by atoms with van der Waals surface area (Å²) in [5.74, 6) is -0.0234. The summed E-state index contributed by atoms with van der Waals surface area (Å²) < 4.78 is 35.9. The zero-order valence-electron chi connectivity index (χ0n) is 22.1. The number of fused-ring (bicyclic) bond motifs is 2. The van der Waals surface area contributed by atoms with Gasteiger partial charge in [-0.25, -0.2) is 13.1 Å². The second-order valence-electron chi connectivity index (χ2n) is 10.1. The monoisotopic (exact) mass is 554 g/mol. The summed E-state index contributed by atoms with van der Waals surface area (Å²) >= 11 is 0. The third-order valence-electron chi connectivity index (χ3n) is 7.43. The summed E-state index contributed by atoms with van der Waals surface area (Å²) in [7, 11) is -3.79. The molecule has 1 saturated heterocycles. The van der Waals surface area contributed by atoms with E-state index in [1.165, 1.54) is 0 Å². The lowest BCUT2D eigenvalue weighted by Gasteiger charge is -2.31. The van der Waals surface area contributed by atoms with Crippen molar-refractivity contribution in [1.29, 1.82) is 0 Å². The minimum atomic E-state index is -3.79. The Morgan fingerprint density at radius 3 is 2.40 bits per heavy atom. The first-order valence-corrected chi connectivity index (χ1v) is 14.8. The van der Waals surface area contributed by atoms with Crippen molar-refractivity contribution in [2.75, 3.05) is 29.9 Å². The fraction of sp³-hybridized carbons (Fsp3) is 0.226. The summed E-state index contributed by atoms with van der Waals surface area (Å²) in [6, 6.07) is 26.2. The molecular weight excluding hydrogens is 524 g/mol. The molecule has 9 heteroatoms. The van der Waals surface area contributed by atoms with Crippen molar-refractivity contribution >= 4 is 49.4 Å². The van der Waals surface area contributed by atoms with Crippen LogP contribution in [0.25, 0.3) is 21.9 Å². The topological polar surface area (TPSA) is 105 Å². The van der Waals surface area contributed by atoms with E-state index in [1.807, 2.05) is 73.7 Å². The zero-order valence-corrected chi connectivity index (χ0v) is 22.9. The summed E-state index contributed by atoms with van der Waals surface area (Å²) in [5.41, 5.74) is 3.86. The van der Waals surface area contributed by atoms with Crippen molar-refractivity contribution in [2.24, 2.45) is 0 Å². The van der Waals surface area contributed by atoms with Gasteiger partial charge in [0.1, 0.15) is 5.52 Å². The lowest BCUT2D eigenvalue weighted by Crippen LogP contribution is -2.44. The number of para-hydroxylation sites is 2. The molecule has 1 aromatic heterocycles. The number of carbonyl (C=O) groups is 1. The highest BCUT2D eigenvalue weighted by Crippen LogP contribution is 2.31. The number of piperidine rings is 1. The molecule has 40 heavy (non-hydrogen) atoms. The van der Waals surface area contributed by atoms with Crippen LogP contribution in [0, 0.1) is 6.92 Å². The van der Waals surface area contributed by atoms with Gasteiger partial charge in [-0.3, -0.25) is 4.79 Å². The van der Waals surface area contributed by atoms with Crippen molar-refractivity contribution in [3.05, 3.63) is 96.1 Å². The molecule has 0 unspecified atom stereocenters. The number of aromatic nitrogens is 1. The van der Waals surface area contributed by atoms with E-state index in [0.29, 0.717) is 48.6 Å². The van der Waals surface area contributed by atoms with E-state index < -0.39 is 10.0 Å². The maximum absolute atomic E-state index is 13.6. The number of oxazole rings is 1. The number of hydrogen-bond acceptors (Lipinski definition) is 7. The number of rotatable bonds is 8. The van der Waals surface area contributed by atoms with Gasteiger partial charge in [-0.1, -0.05) is 60.7 Å². The Hall–Kier alpha value is -4.21. The molecule has 1 aliphatic rings. The molecule has 0 atom stereocenters. The molecule has 8 nitrogen and oxygen atoms in total. The fourth-order valence-electron chi connectivity index (χ4n) is 5.28. The highest BCUT2D eigenvalue weighted by molar-refractivity contribution is 7.89. The Kier molecular flexibility index (Phi) is 7.00. The van der Waals surface area contributed by atoms with Crippen molar-refractivity contribution < 1.29 is 17.6 Å². The Balaban J connectivity index is 1.16. The van der Waals surface area contributed by atoms with Gasteiger partial charge in [0, 0.05) is 41.2 Å². The molecule has 0 radical (unpaired) electrons. The summed E-state index contributed by atoms with van der Waals surface area (Å²) in [4.78, 5) is 19.6. The molecule has 0 saturated carbocycles. The van der Waals surface area contributed by atoms with Gasteiger partial charge < -0.3 is 14.6 Å². The number of nitrogens with one attached hydrogen (secondary N) is 2. The molecule has 1 aliphatic heterocycles. The number of hydrogen-bond donors (Lipinski definition) is 2. The first-order valence-electron chi connectivity index (χ1n) is 13.4. The van der Waals surface area contributed by atoms with Crippen LogP contribution in [0.3, 0.4) is 0 Å². The quantitative estimate of drug-likeness (QED) is 0.243. The number of carbonyl (C=O) groups excluding carboxylic acids is 1. The van der Waals surface area contributed by atoms with Crippen LogP contribution in [-0.2, 0) is 10.0 Å². The molecule has 4 aromatic carbocycles. The van der Waals surface area contributed by atoms with Gasteiger partial charge in [-0.05, 0) is 49.6 Å². The van der Waals surface area contributed by atoms with Crippen molar-refractivity contribution in [1.82, 2.24) is 9.71 Å². The van der Waals surface area contributed by atoms with Crippen molar-refractivity contribution in [3.8, 4) is 0 Å². The molecule has 1 fully saturated rings. The van der Waals surface area contributed by atoms with Gasteiger partial charge in [-0.15, -0.1) is 0 Å². The van der Waals surface area contributed by atoms with Crippen LogP contribution in [0.2, 0.25) is 0 Å². The molecule has 0 amide bonds. The average molecular weight is 555 g/mol. The summed E-state index contributed by atoms with van der Waals surface area (Å²) in [5, 5.41) is 4.57. The Labute approximate surface area is 233 Å². The molecule has 5 aromatic rings. The number of Topliss-reactive ketones (excluding diaryl/α,β-unsaturated/α-hetero) is 1. The number of nitrogens with zero attached hydrogens (tertiary/aromatic N) is 2. The SMILES string of the molecule is Cc1ccccc1C(=O)CNc1ccc(S(=O)(=O)NC2CCN(c3nc4ccccc4o3)CC2)c2ccccc12. The van der Waals surface area contributed by atoms with Crippen molar-refractivity contribution in [2.45, 2.75) is 30.7 Å². The van der Waals surface area contributed by atoms with Gasteiger partial charge in [0.2, 0.25) is 10.0 Å². The lowest BCUT2D eigenvalue weighted by molar-refractivity contribution is 0.101. The van der Waals surface area contributed by atoms with E-state index in [2.05, 4.69) is 19.9 Å². The van der Waals surface area contributed by atoms with E-state index in [1.54, 1.807) is 18.2 Å². The summed E-state index contributed by atoms with van der Waals surface area (Å²) in [6.07, 6.45) is 1.27. The van der Waals surface area contributed by atoms with Gasteiger partial charge in [0.05, 0.1) is 11.4 Å². The molecular formula is C31H30N4O4S. The molecule has 204 valence electrons. The van der Waals surface area contributed by atoms with E-state index in [9.17, 15) is 13.2 Å². The predicted molar refractivity (Wildman–Crippen MR) is 158 cm³/mol. The second-order valence-corrected chi connectivity index (χ2v) is 11.8. The van der Waals surface area contributed by atoms with Gasteiger partial charge >= 0.3 is 0 Å². The Morgan fingerprint density at radius 2 is 1.62 bits per heavy atom. The smallest absolute Gasteiger partial charge is 0.298 e. The standard InChI is InChI=1S/C31H30N4O4S/c1-21-8-2-3-9-23(21)28(36)20-32-26-14-15-30(25-11-5-4-10-24(25)26)40(37,38)34-22-16-18-35(19-17-22)31-33-27-12-6-7-13-29(27)39-31/h2-15,22,32,34H,16-20H2,1H3. The first-order chi connectivity index (χ1) is 19.4. The van der Waals surface area contributed by atoms with Crippen LogP contribution in [-0.4, -0.2) is 44.9 Å². The van der Waals surface area contributed by atoms with E-state index in [4.69, 9.17) is 4.42 Å². The first kappa shape index (κ1) is 26.0. The minimum Gasteiger partial charge on any atom is -0.423 e. The predicted octanol–water partition coefficient (Wildman–Crippen LogP) is 5.53. The van der Waals surface area contributed by atoms with Crippen molar-refractivity contribution in [3.63, 3.8) is 0 Å². The van der Waals surface area contributed by atoms with E-state index in [0.717, 1.165) is 22.0 Å². The summed E-state index contributed by atoms with van der Waals surface area (Å²) in [6.45, 7) is 3.30. The van der Waals surface area contributed by atoms with Crippen LogP contribution in [0.15, 0.2) is 94.2 Å². The third-order valence-corrected chi connectivity index (χ3v) is 9.01. The zero-order chi connectivity index (χ0) is 27.7. The molecule has 0 spiro atoms. The van der Waals surface area contributed by atoms with E-state index >= 15 is 0 Å². The molecule has 6 rings (SSSR count). The van der Waals surface area contributed by atoms with Crippen LogP contribution >= 0.6 is 0 Å². The van der Waals surface area contributed by atoms with Gasteiger partial charge in [-0.2, -0.15) is 4.98 Å². The largest absolute Gasteiger partial charge is 0.423 e. The Bertz CT molecular complexity index is 1770. The molecule has 0 bridgehead atoms. The number of ketones is 1. The van der Waals surface area contributed by atoms with Gasteiger partial charge in [0.15, 0.2) is 11.4 Å². The second kappa shape index (κ2) is 10.7. The highest BCUT2D eigenvalue weighted by atomic mass is 32.2. The third kappa shape index (κ3) is 5.17. The highest BCUT2D eigenvalue weighted by Gasteiger charge is 2.28. The molecule has 2 N–H and O–H groups in total. The number of anilines is 2. The normalized spacial score (nSPS) is 14.6. The van der Waals surface area contributed by atoms with Crippen LogP contribution in [0.5, 0.6) is 0 Å². The number of aryl methyl sites for hydroxylation is 1. The van der Waals surface area contributed by atoms with Crippen LogP contribution in [0.1, 0.15) is 28.8 Å². The maximum atomic E-state index is 13.6. The Morgan fingerprint density at radius 1 is 0.925 bits per heavy atom. The number of benzene rings is 4. The van der Waals surface area contributed by atoms with Crippen LogP contribution < -0.4 is 14.9 Å². The van der Waals surface area contributed by atoms with Gasteiger partial charge in [0.25, 0.3) is 6.01 Å². The van der Waals surface area contributed by atoms with E-state index in [-0.39, 0.29) is 23.3 Å². The molecule has 0 aliphatic carbocycles. The minimum absolute atomic E-state index is 0.0234. The fourth-order valence-corrected chi connectivity index (χ4v) is 6.80. The lowest BCUT2D eigenvalue weighted by atomic mass is 10.0.